The number of carboxylic acids is 1. The zero-order valence-electron chi connectivity index (χ0n) is 12.2. The van der Waals surface area contributed by atoms with Crippen molar-refractivity contribution in [1.29, 1.82) is 0 Å². The smallest absolute Gasteiger partial charge is 0.329 e. The average Bonchev–Trinajstić information content (AvgIpc) is 2.29. The Morgan fingerprint density at radius 1 is 1.30 bits per heavy atom. The fourth-order valence-electron chi connectivity index (χ4n) is 3.69. The minimum absolute atomic E-state index is 0.0233. The maximum absolute atomic E-state index is 11.9. The highest BCUT2D eigenvalue weighted by Gasteiger charge is 2.48. The Morgan fingerprint density at radius 2 is 1.90 bits per heavy atom. The monoisotopic (exact) mass is 295 g/mol. The van der Waals surface area contributed by atoms with E-state index < -0.39 is 11.5 Å². The molecule has 0 spiro atoms. The summed E-state index contributed by atoms with van der Waals surface area (Å²) in [6.45, 7) is 6.41. The number of hydrogen-bond acceptors (Lipinski definition) is 2. The Balaban J connectivity index is 2.30. The number of hydrogen-bond donors (Lipinski definition) is 2. The molecular formula is C16H22ClNO2. The van der Waals surface area contributed by atoms with Crippen LogP contribution in [-0.2, 0) is 4.79 Å². The number of aliphatic carboxylic acids is 1. The van der Waals surface area contributed by atoms with Gasteiger partial charge < -0.3 is 10.4 Å². The third kappa shape index (κ3) is 3.26. The zero-order chi connectivity index (χ0) is 15.0. The number of carboxylic acid groups (broad SMARTS) is 1. The van der Waals surface area contributed by atoms with Gasteiger partial charge in [-0.1, -0.05) is 32.4 Å². The summed E-state index contributed by atoms with van der Waals surface area (Å²) in [5.41, 5.74) is -0.0634. The van der Waals surface area contributed by atoms with Crippen molar-refractivity contribution in [1.82, 2.24) is 0 Å². The van der Waals surface area contributed by atoms with Crippen LogP contribution in [0.4, 0.5) is 5.69 Å². The van der Waals surface area contributed by atoms with E-state index in [0.717, 1.165) is 12.1 Å². The summed E-state index contributed by atoms with van der Waals surface area (Å²) in [4.78, 5) is 11.9. The third-order valence-corrected chi connectivity index (χ3v) is 4.27. The van der Waals surface area contributed by atoms with Gasteiger partial charge in [0.05, 0.1) is 0 Å². The first-order valence-corrected chi connectivity index (χ1v) is 7.37. The van der Waals surface area contributed by atoms with Crippen LogP contribution in [0.3, 0.4) is 0 Å². The molecule has 0 amide bonds. The van der Waals surface area contributed by atoms with E-state index in [9.17, 15) is 9.90 Å². The number of benzene rings is 1. The van der Waals surface area contributed by atoms with Crippen molar-refractivity contribution < 1.29 is 9.90 Å². The molecule has 0 aliphatic heterocycles. The number of rotatable bonds is 3. The van der Waals surface area contributed by atoms with E-state index in [1.807, 2.05) is 12.1 Å². The second-order valence-corrected chi connectivity index (χ2v) is 7.31. The number of halogens is 1. The second-order valence-electron chi connectivity index (χ2n) is 6.87. The van der Waals surface area contributed by atoms with E-state index in [1.165, 1.54) is 0 Å². The molecule has 2 unspecified atom stereocenters. The van der Waals surface area contributed by atoms with Crippen LogP contribution < -0.4 is 5.32 Å². The first kappa shape index (κ1) is 15.2. The van der Waals surface area contributed by atoms with Gasteiger partial charge in [-0.2, -0.15) is 0 Å². The number of anilines is 1. The minimum Gasteiger partial charge on any atom is -0.480 e. The molecule has 1 saturated carbocycles. The largest absolute Gasteiger partial charge is 0.480 e. The third-order valence-electron chi connectivity index (χ3n) is 4.02. The Hall–Kier alpha value is -1.22. The molecule has 2 rings (SSSR count). The highest BCUT2D eigenvalue weighted by molar-refractivity contribution is 6.30. The molecular weight excluding hydrogens is 274 g/mol. The summed E-state index contributed by atoms with van der Waals surface area (Å²) in [5, 5.41) is 13.7. The van der Waals surface area contributed by atoms with Crippen molar-refractivity contribution >= 4 is 23.3 Å². The molecule has 0 saturated heterocycles. The molecule has 2 N–H and O–H groups in total. The lowest BCUT2D eigenvalue weighted by atomic mass is 9.64. The molecule has 20 heavy (non-hydrogen) atoms. The Bertz CT molecular complexity index is 498. The van der Waals surface area contributed by atoms with Crippen LogP contribution >= 0.6 is 11.6 Å². The lowest BCUT2D eigenvalue weighted by Crippen LogP contribution is -2.53. The fraction of sp³-hybridized carbons (Fsp3) is 0.562. The molecule has 0 radical (unpaired) electrons. The standard InChI is InChI=1S/C16H22ClNO2/c1-11-8-15(2,3)10-16(9-11,14(19)20)18-13-6-4-12(17)5-7-13/h4-7,11,18H,8-10H2,1-3H3,(H,19,20). The van der Waals surface area contributed by atoms with Gasteiger partial charge in [0.25, 0.3) is 0 Å². The normalized spacial score (nSPS) is 28.9. The maximum atomic E-state index is 11.9. The van der Waals surface area contributed by atoms with Gasteiger partial charge in [0.2, 0.25) is 0 Å². The van der Waals surface area contributed by atoms with Crippen LogP contribution in [0.1, 0.15) is 40.0 Å². The van der Waals surface area contributed by atoms with E-state index in [4.69, 9.17) is 11.6 Å². The SMILES string of the molecule is CC1CC(C)(C)CC(Nc2ccc(Cl)cc2)(C(=O)O)C1. The van der Waals surface area contributed by atoms with Crippen molar-refractivity contribution in [2.24, 2.45) is 11.3 Å². The lowest BCUT2D eigenvalue weighted by molar-refractivity contribution is -0.145. The van der Waals surface area contributed by atoms with Gasteiger partial charge >= 0.3 is 5.97 Å². The van der Waals surface area contributed by atoms with Crippen LogP contribution in [0.15, 0.2) is 24.3 Å². The Labute approximate surface area is 125 Å². The summed E-state index contributed by atoms with van der Waals surface area (Å²) < 4.78 is 0. The summed E-state index contributed by atoms with van der Waals surface area (Å²) in [7, 11) is 0. The molecule has 2 atom stereocenters. The highest BCUT2D eigenvalue weighted by Crippen LogP contribution is 2.45. The van der Waals surface area contributed by atoms with Gasteiger partial charge in [0.1, 0.15) is 5.54 Å². The van der Waals surface area contributed by atoms with Crippen LogP contribution in [-0.4, -0.2) is 16.6 Å². The van der Waals surface area contributed by atoms with Crippen molar-refractivity contribution in [2.45, 2.75) is 45.6 Å². The van der Waals surface area contributed by atoms with Crippen molar-refractivity contribution in [3.63, 3.8) is 0 Å². The highest BCUT2D eigenvalue weighted by atomic mass is 35.5. The van der Waals surface area contributed by atoms with Crippen molar-refractivity contribution in [3.05, 3.63) is 29.3 Å². The summed E-state index contributed by atoms with van der Waals surface area (Å²) in [6.07, 6.45) is 2.33. The quantitative estimate of drug-likeness (QED) is 0.868. The maximum Gasteiger partial charge on any atom is 0.329 e. The fourth-order valence-corrected chi connectivity index (χ4v) is 3.82. The summed E-state index contributed by atoms with van der Waals surface area (Å²) in [6, 6.07) is 7.21. The van der Waals surface area contributed by atoms with Crippen LogP contribution in [0, 0.1) is 11.3 Å². The van der Waals surface area contributed by atoms with Gasteiger partial charge in [-0.05, 0) is 54.9 Å². The predicted octanol–water partition coefficient (Wildman–Crippen LogP) is 4.42. The van der Waals surface area contributed by atoms with E-state index >= 15 is 0 Å². The first-order valence-electron chi connectivity index (χ1n) is 7.00. The molecule has 110 valence electrons. The molecule has 1 aliphatic rings. The van der Waals surface area contributed by atoms with E-state index in [2.05, 4.69) is 26.1 Å². The number of nitrogens with one attached hydrogen (secondary N) is 1. The molecule has 0 aromatic heterocycles. The Kier molecular flexibility index (Phi) is 4.01. The summed E-state index contributed by atoms with van der Waals surface area (Å²) in [5.74, 6) is -0.387. The molecule has 4 heteroatoms. The lowest BCUT2D eigenvalue weighted by Gasteiger charge is -2.46. The molecule has 1 aliphatic carbocycles. The van der Waals surface area contributed by atoms with Gasteiger partial charge in [-0.3, -0.25) is 0 Å². The average molecular weight is 296 g/mol. The zero-order valence-corrected chi connectivity index (χ0v) is 13.0. The topological polar surface area (TPSA) is 49.3 Å². The van der Waals surface area contributed by atoms with Crippen LogP contribution in [0.5, 0.6) is 0 Å². The van der Waals surface area contributed by atoms with Gasteiger partial charge in [-0.25, -0.2) is 4.79 Å². The van der Waals surface area contributed by atoms with Gasteiger partial charge in [0, 0.05) is 10.7 Å². The summed E-state index contributed by atoms with van der Waals surface area (Å²) >= 11 is 5.88. The number of carbonyl (C=O) groups is 1. The van der Waals surface area contributed by atoms with Gasteiger partial charge in [-0.15, -0.1) is 0 Å². The minimum atomic E-state index is -0.894. The van der Waals surface area contributed by atoms with Crippen LogP contribution in [0.2, 0.25) is 5.02 Å². The van der Waals surface area contributed by atoms with Crippen molar-refractivity contribution in [2.75, 3.05) is 5.32 Å². The van der Waals surface area contributed by atoms with Crippen LogP contribution in [0.25, 0.3) is 0 Å². The van der Waals surface area contributed by atoms with E-state index in [1.54, 1.807) is 12.1 Å². The first-order chi connectivity index (χ1) is 9.22. The molecule has 1 aromatic carbocycles. The van der Waals surface area contributed by atoms with Gasteiger partial charge in [0.15, 0.2) is 0 Å². The Morgan fingerprint density at radius 3 is 2.40 bits per heavy atom. The predicted molar refractivity (Wildman–Crippen MR) is 82.2 cm³/mol. The molecule has 0 heterocycles. The molecule has 0 bridgehead atoms. The van der Waals surface area contributed by atoms with E-state index in [0.29, 0.717) is 23.8 Å². The molecule has 1 fully saturated rings. The second kappa shape index (κ2) is 5.28. The molecule has 1 aromatic rings. The molecule has 3 nitrogen and oxygen atoms in total. The van der Waals surface area contributed by atoms with Crippen molar-refractivity contribution in [3.8, 4) is 0 Å². The van der Waals surface area contributed by atoms with E-state index in [-0.39, 0.29) is 5.41 Å².